The Kier molecular flexibility index (Phi) is 6.50. The first-order valence-electron chi connectivity index (χ1n) is 8.42. The molecule has 0 saturated carbocycles. The molecule has 0 unspecified atom stereocenters. The summed E-state index contributed by atoms with van der Waals surface area (Å²) in [7, 11) is -4.11. The monoisotopic (exact) mass is 455 g/mol. The number of nitrogens with zero attached hydrogens (tertiary/aromatic N) is 4. The fourth-order valence-corrected chi connectivity index (χ4v) is 4.55. The lowest BCUT2D eigenvalue weighted by molar-refractivity contribution is 0.102. The van der Waals surface area contributed by atoms with E-state index < -0.39 is 32.5 Å². The van der Waals surface area contributed by atoms with Crippen molar-refractivity contribution in [3.8, 4) is 0 Å². The van der Waals surface area contributed by atoms with Crippen LogP contribution in [0.5, 0.6) is 0 Å². The highest BCUT2D eigenvalue weighted by molar-refractivity contribution is 7.90. The molecule has 152 valence electrons. The van der Waals surface area contributed by atoms with Gasteiger partial charge in [-0.15, -0.1) is 10.2 Å². The molecule has 1 N–H and O–H groups in total. The predicted octanol–water partition coefficient (Wildman–Crippen LogP) is 3.30. The summed E-state index contributed by atoms with van der Waals surface area (Å²) < 4.78 is 39.0. The van der Waals surface area contributed by atoms with Gasteiger partial charge in [-0.3, -0.25) is 10.1 Å². The molecular formula is C17H15ClFN5O3S2. The summed E-state index contributed by atoms with van der Waals surface area (Å²) in [4.78, 5) is 20.0. The second-order valence-corrected chi connectivity index (χ2v) is 9.26. The summed E-state index contributed by atoms with van der Waals surface area (Å²) in [6.07, 6.45) is 2.62. The van der Waals surface area contributed by atoms with Gasteiger partial charge in [-0.25, -0.2) is 22.8 Å². The molecular weight excluding hydrogens is 441 g/mol. The zero-order valence-electron chi connectivity index (χ0n) is 15.1. The number of rotatable bonds is 7. The van der Waals surface area contributed by atoms with Gasteiger partial charge in [0, 0.05) is 12.0 Å². The second-order valence-electron chi connectivity index (χ2n) is 5.90. The molecule has 0 fully saturated rings. The van der Waals surface area contributed by atoms with Crippen LogP contribution in [0.2, 0.25) is 5.02 Å². The zero-order chi connectivity index (χ0) is 21.0. The van der Waals surface area contributed by atoms with E-state index in [-0.39, 0.29) is 21.4 Å². The third-order valence-corrected chi connectivity index (χ3v) is 6.29. The van der Waals surface area contributed by atoms with Crippen LogP contribution in [0.25, 0.3) is 0 Å². The second kappa shape index (κ2) is 8.89. The minimum Gasteiger partial charge on any atom is -0.295 e. The molecule has 0 radical (unpaired) electrons. The topological polar surface area (TPSA) is 115 Å². The summed E-state index contributed by atoms with van der Waals surface area (Å²) in [5.41, 5.74) is -0.365. The van der Waals surface area contributed by atoms with E-state index in [1.54, 1.807) is 0 Å². The van der Waals surface area contributed by atoms with E-state index >= 15 is 0 Å². The lowest BCUT2D eigenvalue weighted by atomic mass is 10.2. The average molecular weight is 456 g/mol. The van der Waals surface area contributed by atoms with E-state index in [0.717, 1.165) is 30.1 Å². The van der Waals surface area contributed by atoms with E-state index in [1.165, 1.54) is 29.5 Å². The molecule has 0 spiro atoms. The predicted molar refractivity (Wildman–Crippen MR) is 106 cm³/mol. The van der Waals surface area contributed by atoms with Crippen LogP contribution in [-0.4, -0.2) is 34.5 Å². The molecule has 0 atom stereocenters. The van der Waals surface area contributed by atoms with Crippen molar-refractivity contribution in [2.24, 2.45) is 0 Å². The van der Waals surface area contributed by atoms with Gasteiger partial charge < -0.3 is 0 Å². The molecule has 2 heterocycles. The van der Waals surface area contributed by atoms with Gasteiger partial charge in [0.15, 0.2) is 5.69 Å². The van der Waals surface area contributed by atoms with Gasteiger partial charge in [-0.2, -0.15) is 0 Å². The van der Waals surface area contributed by atoms with Crippen LogP contribution in [0.1, 0.15) is 34.4 Å². The van der Waals surface area contributed by atoms with Crippen molar-refractivity contribution in [1.29, 1.82) is 0 Å². The van der Waals surface area contributed by atoms with Gasteiger partial charge in [0.1, 0.15) is 10.8 Å². The quantitative estimate of drug-likeness (QED) is 0.543. The fourth-order valence-electron chi connectivity index (χ4n) is 2.32. The first-order valence-corrected chi connectivity index (χ1v) is 11.3. The van der Waals surface area contributed by atoms with Crippen molar-refractivity contribution in [3.63, 3.8) is 0 Å². The van der Waals surface area contributed by atoms with Crippen LogP contribution < -0.4 is 5.32 Å². The lowest BCUT2D eigenvalue weighted by Crippen LogP contribution is -2.18. The van der Waals surface area contributed by atoms with Crippen LogP contribution in [-0.2, 0) is 22.0 Å². The molecule has 1 aromatic carbocycles. The summed E-state index contributed by atoms with van der Waals surface area (Å²) in [6, 6.07) is 5.47. The summed E-state index contributed by atoms with van der Waals surface area (Å²) in [5, 5.41) is 10.5. The van der Waals surface area contributed by atoms with Crippen LogP contribution in [0, 0.1) is 5.82 Å². The highest BCUT2D eigenvalue weighted by atomic mass is 35.5. The Labute approximate surface area is 175 Å². The number of carbonyl (C=O) groups is 1. The highest BCUT2D eigenvalue weighted by Gasteiger charge is 2.24. The van der Waals surface area contributed by atoms with Gasteiger partial charge in [-0.1, -0.05) is 48.1 Å². The minimum atomic E-state index is -4.11. The zero-order valence-corrected chi connectivity index (χ0v) is 17.5. The molecule has 1 amide bonds. The van der Waals surface area contributed by atoms with E-state index in [2.05, 4.69) is 25.5 Å². The molecule has 2 aromatic heterocycles. The Morgan fingerprint density at radius 3 is 2.76 bits per heavy atom. The Hall–Kier alpha value is -2.50. The highest BCUT2D eigenvalue weighted by Crippen LogP contribution is 2.21. The van der Waals surface area contributed by atoms with Crippen molar-refractivity contribution in [2.45, 2.75) is 30.7 Å². The largest absolute Gasteiger partial charge is 0.295 e. The van der Waals surface area contributed by atoms with E-state index in [0.29, 0.717) is 0 Å². The maximum Gasteiger partial charge on any atom is 0.277 e. The van der Waals surface area contributed by atoms with Gasteiger partial charge in [0.05, 0.1) is 17.0 Å². The third kappa shape index (κ3) is 5.11. The number of aromatic nitrogens is 4. The maximum absolute atomic E-state index is 13.8. The number of carbonyl (C=O) groups excluding carboxylic acids is 1. The molecule has 0 aliphatic heterocycles. The smallest absolute Gasteiger partial charge is 0.277 e. The van der Waals surface area contributed by atoms with Gasteiger partial charge in [-0.05, 0) is 12.5 Å². The lowest BCUT2D eigenvalue weighted by Gasteiger charge is -2.07. The van der Waals surface area contributed by atoms with E-state index in [9.17, 15) is 17.6 Å². The fraction of sp³-hybridized carbons (Fsp3) is 0.235. The molecule has 0 saturated heterocycles. The number of nitrogens with one attached hydrogen (secondary N) is 1. The minimum absolute atomic E-state index is 0.0330. The number of aryl methyl sites for hydroxylation is 1. The Balaban J connectivity index is 1.84. The van der Waals surface area contributed by atoms with Crippen LogP contribution in [0.4, 0.5) is 9.52 Å². The first kappa shape index (κ1) is 21.2. The molecule has 3 aromatic rings. The normalized spacial score (nSPS) is 11.4. The third-order valence-electron chi connectivity index (χ3n) is 3.67. The Morgan fingerprint density at radius 2 is 2.03 bits per heavy atom. The summed E-state index contributed by atoms with van der Waals surface area (Å²) >= 11 is 7.17. The number of hydrogen-bond donors (Lipinski definition) is 1. The van der Waals surface area contributed by atoms with Crippen molar-refractivity contribution in [1.82, 2.24) is 20.2 Å². The molecule has 0 aliphatic carbocycles. The Morgan fingerprint density at radius 1 is 1.28 bits per heavy atom. The summed E-state index contributed by atoms with van der Waals surface area (Å²) in [6.45, 7) is 1.99. The van der Waals surface area contributed by atoms with E-state index in [4.69, 9.17) is 11.6 Å². The molecule has 3 rings (SSSR count). The van der Waals surface area contributed by atoms with E-state index in [1.807, 2.05) is 6.92 Å². The summed E-state index contributed by atoms with van der Waals surface area (Å²) in [5.74, 6) is -2.07. The Bertz CT molecular complexity index is 1150. The molecule has 0 bridgehead atoms. The van der Waals surface area contributed by atoms with Crippen molar-refractivity contribution < 1.29 is 17.6 Å². The SMILES string of the molecule is CCCc1nnc(NC(=O)c2nc(S(=O)(=O)Cc3ccccc3F)ncc2Cl)s1. The first-order chi connectivity index (χ1) is 13.8. The van der Waals surface area contributed by atoms with Gasteiger partial charge in [0.2, 0.25) is 20.1 Å². The van der Waals surface area contributed by atoms with Crippen molar-refractivity contribution in [3.05, 3.63) is 57.6 Å². The van der Waals surface area contributed by atoms with Crippen molar-refractivity contribution in [2.75, 3.05) is 5.32 Å². The molecule has 29 heavy (non-hydrogen) atoms. The van der Waals surface area contributed by atoms with Crippen molar-refractivity contribution >= 4 is 43.8 Å². The number of anilines is 1. The van der Waals surface area contributed by atoms with Crippen LogP contribution >= 0.6 is 22.9 Å². The number of hydrogen-bond acceptors (Lipinski definition) is 8. The number of halogens is 2. The average Bonchev–Trinajstić information content (AvgIpc) is 3.11. The number of amides is 1. The maximum atomic E-state index is 13.8. The molecule has 0 aliphatic rings. The molecule has 12 heteroatoms. The molecule has 8 nitrogen and oxygen atoms in total. The standard InChI is InChI=1S/C17H15ClFN5O3S2/c1-2-5-13-23-24-16(28-13)22-15(25)14-11(18)8-20-17(21-14)29(26,27)9-10-6-3-4-7-12(10)19/h3-4,6-8H,2,5,9H2,1H3,(H,22,24,25). The van der Waals surface area contributed by atoms with Crippen LogP contribution in [0.15, 0.2) is 35.6 Å². The number of sulfone groups is 1. The van der Waals surface area contributed by atoms with Crippen LogP contribution in [0.3, 0.4) is 0 Å². The van der Waals surface area contributed by atoms with Gasteiger partial charge >= 0.3 is 0 Å². The number of benzene rings is 1. The van der Waals surface area contributed by atoms with Gasteiger partial charge in [0.25, 0.3) is 5.91 Å².